The van der Waals surface area contributed by atoms with Crippen LogP contribution in [0.25, 0.3) is 16.9 Å². The molecule has 0 amide bonds. The monoisotopic (exact) mass is 488 g/mol. The summed E-state index contributed by atoms with van der Waals surface area (Å²) in [7, 11) is -1.86. The lowest BCUT2D eigenvalue weighted by Gasteiger charge is -2.19. The van der Waals surface area contributed by atoms with E-state index < -0.39 is 32.9 Å². The Morgan fingerprint density at radius 1 is 1.12 bits per heavy atom. The summed E-state index contributed by atoms with van der Waals surface area (Å²) in [6, 6.07) is 14.9. The number of hydrogen-bond donors (Lipinski definition) is 1. The van der Waals surface area contributed by atoms with Crippen molar-refractivity contribution in [2.45, 2.75) is 30.8 Å². The average Bonchev–Trinajstić information content (AvgIpc) is 3.09. The summed E-state index contributed by atoms with van der Waals surface area (Å²) in [5.41, 5.74) is 2.78. The van der Waals surface area contributed by atoms with Crippen LogP contribution in [0.4, 0.5) is 0 Å². The molecule has 3 rings (SSSR count). The highest BCUT2D eigenvalue weighted by atomic mass is 32.2. The Bertz CT molecular complexity index is 1310. The molecule has 10 nitrogen and oxygen atoms in total. The first kappa shape index (κ1) is 24.8. The van der Waals surface area contributed by atoms with E-state index in [0.717, 1.165) is 6.26 Å². The number of carbonyl (C=O) groups is 1. The van der Waals surface area contributed by atoms with E-state index in [9.17, 15) is 28.4 Å². The van der Waals surface area contributed by atoms with Gasteiger partial charge >= 0.3 is 5.97 Å². The van der Waals surface area contributed by atoms with Crippen LogP contribution in [0.3, 0.4) is 0 Å². The molecule has 1 aromatic heterocycles. The minimum atomic E-state index is -3.40. The smallest absolute Gasteiger partial charge is 0.313 e. The molecule has 0 aliphatic heterocycles. The Morgan fingerprint density at radius 3 is 2.18 bits per heavy atom. The summed E-state index contributed by atoms with van der Waals surface area (Å²) in [6.07, 6.45) is -0.142. The molecule has 0 radical (unpaired) electrons. The van der Waals surface area contributed by atoms with Gasteiger partial charge in [0.2, 0.25) is 0 Å². The van der Waals surface area contributed by atoms with E-state index in [-0.39, 0.29) is 4.90 Å². The van der Waals surface area contributed by atoms with E-state index in [0.29, 0.717) is 34.0 Å². The van der Waals surface area contributed by atoms with Crippen molar-refractivity contribution >= 4 is 15.8 Å². The predicted octanol–water partition coefficient (Wildman–Crippen LogP) is 3.63. The maximum atomic E-state index is 12.1. The quantitative estimate of drug-likeness (QED) is 0.356. The number of aliphatic carboxylic acids is 1. The van der Waals surface area contributed by atoms with Crippen LogP contribution in [0, 0.1) is 17.0 Å². The van der Waals surface area contributed by atoms with Crippen LogP contribution >= 0.6 is 0 Å². The van der Waals surface area contributed by atoms with E-state index in [4.69, 9.17) is 4.74 Å². The van der Waals surface area contributed by atoms with Crippen LogP contribution in [0.5, 0.6) is 5.75 Å². The molecule has 11 heteroatoms. The van der Waals surface area contributed by atoms with E-state index in [1.54, 1.807) is 54.0 Å². The summed E-state index contributed by atoms with van der Waals surface area (Å²) in [5.74, 6) is -1.97. The fourth-order valence-electron chi connectivity index (χ4n) is 3.87. The number of benzene rings is 2. The van der Waals surface area contributed by atoms with Crippen LogP contribution in [0.2, 0.25) is 0 Å². The fraction of sp³-hybridized carbons (Fsp3) is 0.261. The molecule has 0 spiro atoms. The molecule has 1 heterocycles. The van der Waals surface area contributed by atoms with Crippen molar-refractivity contribution in [1.82, 2.24) is 4.57 Å². The number of rotatable bonds is 9. The van der Waals surface area contributed by atoms with Gasteiger partial charge in [-0.3, -0.25) is 4.79 Å². The van der Waals surface area contributed by atoms with Gasteiger partial charge in [0.05, 0.1) is 17.7 Å². The summed E-state index contributed by atoms with van der Waals surface area (Å²) < 4.78 is 30.7. The van der Waals surface area contributed by atoms with Gasteiger partial charge in [-0.15, -0.1) is 10.1 Å². The van der Waals surface area contributed by atoms with Gasteiger partial charge in [-0.1, -0.05) is 12.1 Å². The Balaban J connectivity index is 2.24. The molecule has 1 N–H and O–H groups in total. The van der Waals surface area contributed by atoms with Crippen molar-refractivity contribution in [3.05, 3.63) is 76.0 Å². The molecular formula is C23H24N2O8S. The molecule has 180 valence electrons. The average molecular weight is 489 g/mol. The maximum absolute atomic E-state index is 12.1. The van der Waals surface area contributed by atoms with Crippen LogP contribution in [0.1, 0.15) is 24.1 Å². The van der Waals surface area contributed by atoms with Crippen LogP contribution in [-0.2, 0) is 19.5 Å². The first-order valence-corrected chi connectivity index (χ1v) is 12.0. The minimum Gasteiger partial charge on any atom is -0.497 e. The van der Waals surface area contributed by atoms with Gasteiger partial charge in [0.15, 0.2) is 9.84 Å². The zero-order valence-corrected chi connectivity index (χ0v) is 19.8. The summed E-state index contributed by atoms with van der Waals surface area (Å²) in [4.78, 5) is 27.7. The number of carboxylic acid groups (broad SMARTS) is 1. The molecular weight excluding hydrogens is 464 g/mol. The highest BCUT2D eigenvalue weighted by molar-refractivity contribution is 7.90. The normalized spacial score (nSPS) is 13.2. The number of sulfone groups is 1. The summed E-state index contributed by atoms with van der Waals surface area (Å²) in [6.45, 7) is 3.04. The van der Waals surface area contributed by atoms with E-state index in [1.165, 1.54) is 26.2 Å². The van der Waals surface area contributed by atoms with Gasteiger partial charge in [0.1, 0.15) is 17.8 Å². The lowest BCUT2D eigenvalue weighted by molar-refractivity contribution is -0.768. The number of ether oxygens (including phenoxy) is 1. The molecule has 2 aromatic carbocycles. The highest BCUT2D eigenvalue weighted by Crippen LogP contribution is 2.36. The maximum Gasteiger partial charge on any atom is 0.313 e. The third kappa shape index (κ3) is 5.04. The van der Waals surface area contributed by atoms with E-state index >= 15 is 0 Å². The third-order valence-corrected chi connectivity index (χ3v) is 6.65. The molecule has 0 fully saturated rings. The second kappa shape index (κ2) is 9.56. The molecule has 34 heavy (non-hydrogen) atoms. The Hall–Kier alpha value is -3.86. The van der Waals surface area contributed by atoms with Crippen LogP contribution in [0.15, 0.2) is 59.5 Å². The zero-order chi connectivity index (χ0) is 25.2. The number of nitrogens with zero attached hydrogens (tertiary/aromatic N) is 2. The Kier molecular flexibility index (Phi) is 6.96. The van der Waals surface area contributed by atoms with Crippen molar-refractivity contribution in [2.75, 3.05) is 13.4 Å². The largest absolute Gasteiger partial charge is 0.497 e. The zero-order valence-electron chi connectivity index (χ0n) is 19.0. The lowest BCUT2D eigenvalue weighted by atomic mass is 9.94. The van der Waals surface area contributed by atoms with Gasteiger partial charge in [0, 0.05) is 17.6 Å². The summed E-state index contributed by atoms with van der Waals surface area (Å²) in [5, 5.41) is 19.7. The van der Waals surface area contributed by atoms with Crippen molar-refractivity contribution in [1.29, 1.82) is 0 Å². The molecule has 3 aromatic rings. The minimum absolute atomic E-state index is 0.146. The summed E-state index contributed by atoms with van der Waals surface area (Å²) >= 11 is 0. The van der Waals surface area contributed by atoms with Gasteiger partial charge < -0.3 is 19.2 Å². The first-order chi connectivity index (χ1) is 15.9. The van der Waals surface area contributed by atoms with Crippen LogP contribution < -0.4 is 4.74 Å². The fourth-order valence-corrected chi connectivity index (χ4v) is 4.50. The standard InChI is InChI=1S/C23H24N2O8S/c1-14-20(22(23(26)27)15(2)33-25(28)29)13-21(16-5-11-19(12-6-16)34(4,30)31)24(14)17-7-9-18(32-3)10-8-17/h5-13,15,22H,1-4H3,(H,26,27). The SMILES string of the molecule is COc1ccc(-n2c(-c3ccc(S(C)(=O)=O)cc3)cc(C(C(=O)O)C(C)O[N+](=O)[O-])c2C)cc1. The second-order valence-corrected chi connectivity index (χ2v) is 9.77. The lowest BCUT2D eigenvalue weighted by Crippen LogP contribution is -2.28. The van der Waals surface area contributed by atoms with E-state index in [2.05, 4.69) is 4.84 Å². The van der Waals surface area contributed by atoms with Crippen molar-refractivity contribution in [3.63, 3.8) is 0 Å². The molecule has 0 aliphatic carbocycles. The molecule has 0 saturated carbocycles. The van der Waals surface area contributed by atoms with Crippen molar-refractivity contribution < 1.29 is 33.0 Å². The number of carboxylic acids is 1. The molecule has 2 unspecified atom stereocenters. The molecule has 0 aliphatic rings. The highest BCUT2D eigenvalue weighted by Gasteiger charge is 2.33. The number of methoxy groups -OCH3 is 1. The van der Waals surface area contributed by atoms with Gasteiger partial charge in [-0.05, 0) is 67.4 Å². The van der Waals surface area contributed by atoms with E-state index in [1.807, 2.05) is 0 Å². The molecule has 2 atom stereocenters. The Labute approximate surface area is 196 Å². The number of hydrogen-bond acceptors (Lipinski definition) is 7. The first-order valence-electron chi connectivity index (χ1n) is 10.1. The predicted molar refractivity (Wildman–Crippen MR) is 124 cm³/mol. The van der Waals surface area contributed by atoms with Crippen molar-refractivity contribution in [3.8, 4) is 22.7 Å². The van der Waals surface area contributed by atoms with Crippen LogP contribution in [-0.4, -0.2) is 48.6 Å². The van der Waals surface area contributed by atoms with Gasteiger partial charge in [0.25, 0.3) is 5.09 Å². The molecule has 0 saturated heterocycles. The topological polar surface area (TPSA) is 138 Å². The molecule has 0 bridgehead atoms. The number of aromatic nitrogens is 1. The van der Waals surface area contributed by atoms with Crippen molar-refractivity contribution in [2.24, 2.45) is 0 Å². The third-order valence-electron chi connectivity index (χ3n) is 5.52. The Morgan fingerprint density at radius 2 is 1.71 bits per heavy atom. The van der Waals surface area contributed by atoms with Gasteiger partial charge in [-0.2, -0.15) is 0 Å². The van der Waals surface area contributed by atoms with Gasteiger partial charge in [-0.25, -0.2) is 8.42 Å². The second-order valence-electron chi connectivity index (χ2n) is 7.75.